The molecule has 0 radical (unpaired) electrons. The molecule has 0 spiro atoms. The summed E-state index contributed by atoms with van der Waals surface area (Å²) in [6.07, 6.45) is 22.9. The maximum Gasteiger partial charge on any atom is 0.00761 e. The maximum atomic E-state index is 2.37. The zero-order valence-electron chi connectivity index (χ0n) is 16.5. The molecular weight excluding hydrogens is 308 g/mol. The molecule has 0 saturated carbocycles. The second-order valence-electron chi connectivity index (χ2n) is 7.53. The largest absolute Gasteiger partial charge is 0.149 e. The molecule has 24 heavy (non-hydrogen) atoms. The first-order valence-electron chi connectivity index (χ1n) is 10.9. The Morgan fingerprint density at radius 3 is 1.54 bits per heavy atom. The molecule has 0 aromatic carbocycles. The van der Waals surface area contributed by atoms with Gasteiger partial charge in [-0.3, -0.25) is 0 Å². The average molecular weight is 351 g/mol. The molecule has 0 aliphatic heterocycles. The highest BCUT2D eigenvalue weighted by Crippen LogP contribution is 2.31. The van der Waals surface area contributed by atoms with Gasteiger partial charge < -0.3 is 0 Å². The van der Waals surface area contributed by atoms with Crippen LogP contribution in [-0.4, -0.2) is 0 Å². The van der Waals surface area contributed by atoms with E-state index in [2.05, 4.69) is 31.4 Å². The molecular formula is C23H42S. The normalized spacial score (nSPS) is 12.6. The highest BCUT2D eigenvalue weighted by Gasteiger charge is 2.12. The standard InChI is InChI=1S/C23H42S/c1-3-5-7-9-11-12-14-16-19-22(23-20-17-21-24-23)18-15-13-10-8-6-4-2/h17,20-22H,3-16,18-19H2,1-2H3. The molecule has 0 fully saturated rings. The highest BCUT2D eigenvalue weighted by atomic mass is 32.1. The lowest BCUT2D eigenvalue weighted by Gasteiger charge is -2.15. The van der Waals surface area contributed by atoms with Crippen molar-refractivity contribution in [1.82, 2.24) is 0 Å². The van der Waals surface area contributed by atoms with Crippen molar-refractivity contribution in [2.45, 2.75) is 122 Å². The van der Waals surface area contributed by atoms with E-state index in [4.69, 9.17) is 0 Å². The fourth-order valence-electron chi connectivity index (χ4n) is 3.65. The molecule has 1 rings (SSSR count). The summed E-state index contributed by atoms with van der Waals surface area (Å²) in [6, 6.07) is 4.61. The minimum atomic E-state index is 0.844. The fraction of sp³-hybridized carbons (Fsp3) is 0.826. The first-order valence-corrected chi connectivity index (χ1v) is 11.8. The average Bonchev–Trinajstić information content (AvgIpc) is 3.12. The number of hydrogen-bond acceptors (Lipinski definition) is 1. The van der Waals surface area contributed by atoms with Crippen LogP contribution in [0.3, 0.4) is 0 Å². The lowest BCUT2D eigenvalue weighted by Crippen LogP contribution is -1.97. The second kappa shape index (κ2) is 16.2. The number of thiophene rings is 1. The van der Waals surface area contributed by atoms with E-state index in [-0.39, 0.29) is 0 Å². The van der Waals surface area contributed by atoms with Gasteiger partial charge >= 0.3 is 0 Å². The summed E-state index contributed by atoms with van der Waals surface area (Å²) < 4.78 is 0. The van der Waals surface area contributed by atoms with Gasteiger partial charge in [0.1, 0.15) is 0 Å². The van der Waals surface area contributed by atoms with Gasteiger partial charge in [-0.15, -0.1) is 11.3 Å². The van der Waals surface area contributed by atoms with Crippen LogP contribution in [0.25, 0.3) is 0 Å². The Labute approximate surface area is 156 Å². The van der Waals surface area contributed by atoms with Gasteiger partial charge in [0, 0.05) is 4.88 Å². The third-order valence-corrected chi connectivity index (χ3v) is 6.29. The lowest BCUT2D eigenvalue weighted by molar-refractivity contribution is 0.488. The van der Waals surface area contributed by atoms with Crippen LogP contribution in [0.5, 0.6) is 0 Å². The van der Waals surface area contributed by atoms with E-state index < -0.39 is 0 Å². The van der Waals surface area contributed by atoms with Crippen molar-refractivity contribution in [3.8, 4) is 0 Å². The van der Waals surface area contributed by atoms with Crippen molar-refractivity contribution in [1.29, 1.82) is 0 Å². The zero-order valence-corrected chi connectivity index (χ0v) is 17.3. The molecule has 0 saturated heterocycles. The van der Waals surface area contributed by atoms with Gasteiger partial charge in [0.2, 0.25) is 0 Å². The first kappa shape index (κ1) is 21.7. The Bertz CT molecular complexity index is 341. The monoisotopic (exact) mass is 350 g/mol. The van der Waals surface area contributed by atoms with Gasteiger partial charge in [0.15, 0.2) is 0 Å². The molecule has 0 aliphatic carbocycles. The Morgan fingerprint density at radius 1 is 0.667 bits per heavy atom. The fourth-order valence-corrected chi connectivity index (χ4v) is 4.55. The summed E-state index contributed by atoms with van der Waals surface area (Å²) in [4.78, 5) is 1.64. The van der Waals surface area contributed by atoms with Gasteiger partial charge in [0.25, 0.3) is 0 Å². The highest BCUT2D eigenvalue weighted by molar-refractivity contribution is 7.10. The van der Waals surface area contributed by atoms with Crippen molar-refractivity contribution < 1.29 is 0 Å². The van der Waals surface area contributed by atoms with Crippen molar-refractivity contribution in [2.75, 3.05) is 0 Å². The van der Waals surface area contributed by atoms with Gasteiger partial charge in [-0.2, -0.15) is 0 Å². The molecule has 1 atom stereocenters. The summed E-state index contributed by atoms with van der Waals surface area (Å²) in [7, 11) is 0. The summed E-state index contributed by atoms with van der Waals surface area (Å²) >= 11 is 1.98. The van der Waals surface area contributed by atoms with Gasteiger partial charge in [-0.05, 0) is 30.2 Å². The number of hydrogen-bond donors (Lipinski definition) is 0. The maximum absolute atomic E-state index is 2.37. The SMILES string of the molecule is CCCCCCCCCCC(CCCCCCCC)c1cccs1. The van der Waals surface area contributed by atoms with E-state index in [1.54, 1.807) is 4.88 Å². The molecule has 1 heterocycles. The Balaban J connectivity index is 2.12. The van der Waals surface area contributed by atoms with Crippen LogP contribution in [0.2, 0.25) is 0 Å². The van der Waals surface area contributed by atoms with Crippen LogP contribution in [0.15, 0.2) is 17.5 Å². The molecule has 140 valence electrons. The molecule has 1 aromatic heterocycles. The molecule has 0 bridgehead atoms. The molecule has 1 heteroatoms. The molecule has 1 unspecified atom stereocenters. The van der Waals surface area contributed by atoms with Crippen molar-refractivity contribution in [2.24, 2.45) is 0 Å². The minimum absolute atomic E-state index is 0.844. The van der Waals surface area contributed by atoms with Crippen molar-refractivity contribution >= 4 is 11.3 Å². The van der Waals surface area contributed by atoms with Crippen LogP contribution < -0.4 is 0 Å². The van der Waals surface area contributed by atoms with E-state index in [0.29, 0.717) is 0 Å². The number of rotatable bonds is 17. The van der Waals surface area contributed by atoms with Crippen LogP contribution in [-0.2, 0) is 0 Å². The summed E-state index contributed by atoms with van der Waals surface area (Å²) in [6.45, 7) is 4.60. The van der Waals surface area contributed by atoms with E-state index in [0.717, 1.165) is 5.92 Å². The lowest BCUT2D eigenvalue weighted by atomic mass is 9.93. The van der Waals surface area contributed by atoms with Gasteiger partial charge in [-0.25, -0.2) is 0 Å². The van der Waals surface area contributed by atoms with Gasteiger partial charge in [-0.1, -0.05) is 110 Å². The molecule has 0 nitrogen and oxygen atoms in total. The molecule has 0 aliphatic rings. The molecule has 0 amide bonds. The summed E-state index contributed by atoms with van der Waals surface area (Å²) in [5, 5.41) is 2.26. The van der Waals surface area contributed by atoms with E-state index in [1.807, 2.05) is 11.3 Å². The van der Waals surface area contributed by atoms with E-state index >= 15 is 0 Å². The molecule has 1 aromatic rings. The first-order chi connectivity index (χ1) is 11.9. The Kier molecular flexibility index (Phi) is 14.7. The van der Waals surface area contributed by atoms with Crippen LogP contribution in [0, 0.1) is 0 Å². The zero-order chi connectivity index (χ0) is 17.3. The quantitative estimate of drug-likeness (QED) is 0.246. The van der Waals surface area contributed by atoms with Crippen LogP contribution >= 0.6 is 11.3 Å². The Morgan fingerprint density at radius 2 is 1.12 bits per heavy atom. The third kappa shape index (κ3) is 11.3. The smallest absolute Gasteiger partial charge is 0.00761 e. The van der Waals surface area contributed by atoms with Crippen LogP contribution in [0.1, 0.15) is 127 Å². The van der Waals surface area contributed by atoms with Crippen molar-refractivity contribution in [3.05, 3.63) is 22.4 Å². The summed E-state index contributed by atoms with van der Waals surface area (Å²) in [5.74, 6) is 0.844. The number of unbranched alkanes of at least 4 members (excludes halogenated alkanes) is 12. The third-order valence-electron chi connectivity index (χ3n) is 5.26. The summed E-state index contributed by atoms with van der Waals surface area (Å²) in [5.41, 5.74) is 0. The minimum Gasteiger partial charge on any atom is -0.149 e. The van der Waals surface area contributed by atoms with E-state index in [9.17, 15) is 0 Å². The Hall–Kier alpha value is -0.300. The second-order valence-corrected chi connectivity index (χ2v) is 8.51. The van der Waals surface area contributed by atoms with Gasteiger partial charge in [0.05, 0.1) is 0 Å². The predicted octanol–water partition coefficient (Wildman–Crippen LogP) is 9.11. The predicted molar refractivity (Wildman–Crippen MR) is 112 cm³/mol. The topological polar surface area (TPSA) is 0 Å². The van der Waals surface area contributed by atoms with Crippen molar-refractivity contribution in [3.63, 3.8) is 0 Å². The van der Waals surface area contributed by atoms with Crippen LogP contribution in [0.4, 0.5) is 0 Å². The van der Waals surface area contributed by atoms with E-state index in [1.165, 1.54) is 103 Å². The molecule has 0 N–H and O–H groups in total.